The highest BCUT2D eigenvalue weighted by Crippen LogP contribution is 1.82. The van der Waals surface area contributed by atoms with Gasteiger partial charge in [-0.25, -0.2) is 0 Å². The average molecular weight is 297 g/mol. The van der Waals surface area contributed by atoms with Crippen molar-refractivity contribution < 1.29 is 0 Å². The Hall–Kier alpha value is 0. The zero-order valence-corrected chi connectivity index (χ0v) is 14.3. The Labute approximate surface area is 137 Å². The summed E-state index contributed by atoms with van der Waals surface area (Å²) in [5.41, 5.74) is 0. The highest BCUT2D eigenvalue weighted by Gasteiger charge is 1.69. The topological polar surface area (TPSA) is 0 Å². The van der Waals surface area contributed by atoms with Crippen molar-refractivity contribution in [3.05, 3.63) is 0 Å². The zero-order valence-electron chi connectivity index (χ0n) is 14.3. The minimum atomic E-state index is 0. The number of rotatable bonds is 0. The minimum Gasteiger partial charge on any atom is -0.0776 e. The summed E-state index contributed by atoms with van der Waals surface area (Å²) in [7, 11) is 0. The molecule has 0 unspecified atom stereocenters. The third-order valence-corrected chi connectivity index (χ3v) is 0. The van der Waals surface area contributed by atoms with Crippen molar-refractivity contribution in [2.75, 3.05) is 0 Å². The Balaban J connectivity index is -0.0000000150. The Morgan fingerprint density at radius 2 is 0.250 bits per heavy atom. The molecule has 0 N–H and O–H groups in total. The average Bonchev–Trinajstić information content (AvgIpc) is 1.76. The summed E-state index contributed by atoms with van der Waals surface area (Å²) in [5, 5.41) is 0. The van der Waals surface area contributed by atoms with Crippen LogP contribution in [-0.2, 0) is 0 Å². The van der Waals surface area contributed by atoms with Crippen LogP contribution in [0.2, 0.25) is 0 Å². The molecule has 0 heteroatoms. The fourth-order valence-corrected chi connectivity index (χ4v) is 0. The summed E-state index contributed by atoms with van der Waals surface area (Å²) in [5.74, 6) is 3.33. The van der Waals surface area contributed by atoms with Gasteiger partial charge in [0.2, 0.25) is 0 Å². The molecule has 0 saturated heterocycles. The van der Waals surface area contributed by atoms with Crippen LogP contribution >= 0.6 is 0 Å². The van der Waals surface area contributed by atoms with Gasteiger partial charge < -0.3 is 0 Å². The molecule has 20 heavy (non-hydrogen) atoms. The molecule has 0 nitrogen and oxygen atoms in total. The van der Waals surface area contributed by atoms with Crippen LogP contribution in [0.3, 0.4) is 0 Å². The van der Waals surface area contributed by atoms with Gasteiger partial charge in [0.05, 0.1) is 0 Å². The normalized spacial score (nSPS) is 7.20. The van der Waals surface area contributed by atoms with Crippen molar-refractivity contribution in [2.24, 2.45) is 23.7 Å². The first-order valence-electron chi connectivity index (χ1n) is 6.93. The first kappa shape index (κ1) is 50.1. The van der Waals surface area contributed by atoms with Gasteiger partial charge in [0.15, 0.2) is 0 Å². The quantitative estimate of drug-likeness (QED) is 0.418. The van der Waals surface area contributed by atoms with Crippen molar-refractivity contribution in [2.45, 2.75) is 113 Å². The van der Waals surface area contributed by atoms with Gasteiger partial charge in [-0.3, -0.25) is 0 Å². The smallest absolute Gasteiger partial charge is 0.0500 e. The molecule has 136 valence electrons. The Morgan fingerprint density at radius 1 is 0.250 bits per heavy atom. The lowest BCUT2D eigenvalue weighted by Gasteiger charge is -1.79. The second-order valence-corrected chi connectivity index (χ2v) is 6.93. The Morgan fingerprint density at radius 3 is 0.250 bits per heavy atom. The van der Waals surface area contributed by atoms with E-state index in [0.29, 0.717) is 0 Å². The van der Waals surface area contributed by atoms with Crippen molar-refractivity contribution >= 4 is 0 Å². The predicted octanol–water partition coefficient (Wildman–Crippen LogP) is 9.19. The first-order valence-corrected chi connectivity index (χ1v) is 6.93. The third-order valence-electron chi connectivity index (χ3n) is 0. The molecule has 0 radical (unpaired) electrons. The predicted molar refractivity (Wildman–Crippen MR) is 109 cm³/mol. The van der Waals surface area contributed by atoms with E-state index < -0.39 is 0 Å². The van der Waals surface area contributed by atoms with Gasteiger partial charge in [0, 0.05) is 0 Å². The lowest BCUT2D eigenvalue weighted by Crippen LogP contribution is -1.66. The van der Waals surface area contributed by atoms with E-state index >= 15 is 0 Å². The SMILES string of the molecule is C.C.C.C.CC(C)C.CC(C)C.CC(C)C.CC(C)C. The molecule has 0 heterocycles. The van der Waals surface area contributed by atoms with E-state index in [4.69, 9.17) is 0 Å². The van der Waals surface area contributed by atoms with Gasteiger partial charge in [0.25, 0.3) is 0 Å². The molecule has 0 aromatic heterocycles. The van der Waals surface area contributed by atoms with Gasteiger partial charge in [0.1, 0.15) is 0 Å². The molecule has 0 aliphatic carbocycles. The maximum absolute atomic E-state index is 2.17. The van der Waals surface area contributed by atoms with E-state index in [9.17, 15) is 0 Å². The molecule has 0 spiro atoms. The number of hydrogen-bond acceptors (Lipinski definition) is 0. The van der Waals surface area contributed by atoms with Crippen molar-refractivity contribution in [1.29, 1.82) is 0 Å². The maximum Gasteiger partial charge on any atom is -0.0500 e. The third kappa shape index (κ3) is 0. The molecule has 0 aromatic carbocycles. The molecule has 0 saturated carbocycles. The summed E-state index contributed by atoms with van der Waals surface area (Å²) < 4.78 is 0. The Bertz CT molecular complexity index is 43.0. The highest BCUT2D eigenvalue weighted by atomic mass is 13.8. The van der Waals surface area contributed by atoms with E-state index in [-0.39, 0.29) is 29.7 Å². The fourth-order valence-electron chi connectivity index (χ4n) is 0. The minimum absolute atomic E-state index is 0. The monoisotopic (exact) mass is 296 g/mol. The molecule has 0 aliphatic rings. The summed E-state index contributed by atoms with van der Waals surface area (Å²) in [4.78, 5) is 0. The summed E-state index contributed by atoms with van der Waals surface area (Å²) >= 11 is 0. The van der Waals surface area contributed by atoms with Crippen LogP contribution in [0.5, 0.6) is 0 Å². The largest absolute Gasteiger partial charge is 0.0776 e. The highest BCUT2D eigenvalue weighted by molar-refractivity contribution is 4.21. The standard InChI is InChI=1S/4C4H10.4CH4/c4*1-4(2)3;;;;/h4*4H,1-3H3;4*1H4. The maximum atomic E-state index is 2.17. The van der Waals surface area contributed by atoms with Crippen LogP contribution < -0.4 is 0 Å². The van der Waals surface area contributed by atoms with Crippen LogP contribution in [0.1, 0.15) is 113 Å². The first-order chi connectivity index (χ1) is 6.93. The Kier molecular flexibility index (Phi) is 107. The van der Waals surface area contributed by atoms with Crippen LogP contribution in [0, 0.1) is 23.7 Å². The van der Waals surface area contributed by atoms with E-state index in [1.165, 1.54) is 0 Å². The molecule has 0 atom stereocenters. The summed E-state index contributed by atoms with van der Waals surface area (Å²) in [6.07, 6.45) is 0. The van der Waals surface area contributed by atoms with Crippen molar-refractivity contribution in [1.82, 2.24) is 0 Å². The van der Waals surface area contributed by atoms with Gasteiger partial charge in [-0.2, -0.15) is 0 Å². The zero-order chi connectivity index (χ0) is 14.3. The van der Waals surface area contributed by atoms with Crippen LogP contribution in [-0.4, -0.2) is 0 Å². The van der Waals surface area contributed by atoms with Crippen molar-refractivity contribution in [3.63, 3.8) is 0 Å². The molecule has 0 aliphatic heterocycles. The van der Waals surface area contributed by atoms with Gasteiger partial charge in [-0.05, 0) is 23.7 Å². The molecular weight excluding hydrogens is 240 g/mol. The second kappa shape index (κ2) is 42.8. The lowest BCUT2D eigenvalue weighted by molar-refractivity contribution is 0.736. The fraction of sp³-hybridized carbons (Fsp3) is 1.00. The van der Waals surface area contributed by atoms with Crippen molar-refractivity contribution in [3.8, 4) is 0 Å². The second-order valence-electron chi connectivity index (χ2n) is 6.93. The summed E-state index contributed by atoms with van der Waals surface area (Å²) in [6, 6.07) is 0. The van der Waals surface area contributed by atoms with E-state index in [1.54, 1.807) is 0 Å². The molecule has 0 bridgehead atoms. The lowest BCUT2D eigenvalue weighted by atomic mass is 10.3. The molecular formula is C20H56. The molecule has 0 amide bonds. The van der Waals surface area contributed by atoms with E-state index in [0.717, 1.165) is 23.7 Å². The number of hydrogen-bond donors (Lipinski definition) is 0. The van der Waals surface area contributed by atoms with Gasteiger partial charge in [-0.1, -0.05) is 113 Å². The van der Waals surface area contributed by atoms with Crippen LogP contribution in [0.15, 0.2) is 0 Å². The molecule has 0 rings (SSSR count). The van der Waals surface area contributed by atoms with Gasteiger partial charge >= 0.3 is 0 Å². The van der Waals surface area contributed by atoms with Crippen LogP contribution in [0.25, 0.3) is 0 Å². The van der Waals surface area contributed by atoms with Crippen LogP contribution in [0.4, 0.5) is 0 Å². The molecule has 0 fully saturated rings. The summed E-state index contributed by atoms with van der Waals surface area (Å²) in [6.45, 7) is 26.0. The van der Waals surface area contributed by atoms with E-state index in [1.807, 2.05) is 0 Å². The van der Waals surface area contributed by atoms with Gasteiger partial charge in [-0.15, -0.1) is 0 Å². The van der Waals surface area contributed by atoms with E-state index in [2.05, 4.69) is 83.1 Å². The molecule has 0 aromatic rings.